The van der Waals surface area contributed by atoms with E-state index >= 15 is 0 Å². The van der Waals surface area contributed by atoms with Crippen LogP contribution in [0.3, 0.4) is 0 Å². The number of hydrogen-bond acceptors (Lipinski definition) is 2. The third kappa shape index (κ3) is 21.4. The van der Waals surface area contributed by atoms with Gasteiger partial charge in [-0.1, -0.05) is 110 Å². The second kappa shape index (κ2) is 20.5. The first-order valence-corrected chi connectivity index (χ1v) is 10.7. The van der Waals surface area contributed by atoms with E-state index in [0.29, 0.717) is 0 Å². The predicted molar refractivity (Wildman–Crippen MR) is 105 cm³/mol. The number of carbonyl (C=O) groups is 1. The molecule has 0 heterocycles. The Labute approximate surface area is 151 Å². The molecule has 0 aromatic carbocycles. The Morgan fingerprint density at radius 1 is 0.625 bits per heavy atom. The molecule has 0 aromatic rings. The minimum Gasteiger partial charge on any atom is -0.480 e. The molecule has 0 atom stereocenters. The minimum absolute atomic E-state index is 0.0961. The smallest absolute Gasteiger partial charge is 0.317 e. The molecule has 0 spiro atoms. The normalized spacial score (nSPS) is 11.0. The highest BCUT2D eigenvalue weighted by Crippen LogP contribution is 2.13. The molecule has 0 saturated carbocycles. The van der Waals surface area contributed by atoms with Gasteiger partial charge >= 0.3 is 5.97 Å². The molecule has 0 aliphatic rings. The highest BCUT2D eigenvalue weighted by atomic mass is 16.4. The standard InChI is InChI=1S/C21H43NO2/c1-2-3-4-5-6-7-8-9-10-11-12-13-14-15-16-17-18-19-22-20-21(23)24/h22H,2-20H2,1H3,(H,23,24). The average Bonchev–Trinajstić information content (AvgIpc) is 2.56. The molecule has 0 amide bonds. The van der Waals surface area contributed by atoms with Crippen LogP contribution in [0.1, 0.15) is 116 Å². The van der Waals surface area contributed by atoms with Crippen LogP contribution in [-0.2, 0) is 4.79 Å². The molecule has 24 heavy (non-hydrogen) atoms. The summed E-state index contributed by atoms with van der Waals surface area (Å²) in [5, 5.41) is 11.4. The Morgan fingerprint density at radius 2 is 0.958 bits per heavy atom. The molecule has 0 rings (SSSR count). The molecular formula is C21H43NO2. The van der Waals surface area contributed by atoms with E-state index in [0.717, 1.165) is 13.0 Å². The zero-order chi connectivity index (χ0) is 17.7. The number of nitrogens with one attached hydrogen (secondary N) is 1. The molecular weight excluding hydrogens is 298 g/mol. The number of hydrogen-bond donors (Lipinski definition) is 2. The zero-order valence-corrected chi connectivity index (χ0v) is 16.3. The van der Waals surface area contributed by atoms with Crippen LogP contribution in [0.5, 0.6) is 0 Å². The Kier molecular flexibility index (Phi) is 20.0. The number of unbranched alkanes of at least 4 members (excludes halogenated alkanes) is 16. The average molecular weight is 342 g/mol. The molecule has 0 aromatic heterocycles. The molecule has 0 aliphatic heterocycles. The molecule has 144 valence electrons. The Hall–Kier alpha value is -0.570. The number of carboxylic acids is 1. The zero-order valence-electron chi connectivity index (χ0n) is 16.3. The number of carboxylic acid groups (broad SMARTS) is 1. The summed E-state index contributed by atoms with van der Waals surface area (Å²) in [6.07, 6.45) is 23.5. The van der Waals surface area contributed by atoms with E-state index in [9.17, 15) is 4.79 Å². The van der Waals surface area contributed by atoms with Gasteiger partial charge in [0.1, 0.15) is 0 Å². The molecule has 0 fully saturated rings. The molecule has 2 N–H and O–H groups in total. The summed E-state index contributed by atoms with van der Waals surface area (Å²) in [7, 11) is 0. The van der Waals surface area contributed by atoms with E-state index in [1.54, 1.807) is 0 Å². The van der Waals surface area contributed by atoms with Crippen LogP contribution in [0.4, 0.5) is 0 Å². The van der Waals surface area contributed by atoms with Gasteiger partial charge < -0.3 is 10.4 Å². The predicted octanol–water partition coefficient (Wildman–Crippen LogP) is 6.31. The van der Waals surface area contributed by atoms with Crippen molar-refractivity contribution in [2.24, 2.45) is 0 Å². The van der Waals surface area contributed by atoms with Crippen molar-refractivity contribution in [3.05, 3.63) is 0 Å². The SMILES string of the molecule is CCCCCCCCCCCCCCCCCCCNCC(=O)O. The van der Waals surface area contributed by atoms with Crippen LogP contribution in [0.15, 0.2) is 0 Å². The molecule has 0 bridgehead atoms. The van der Waals surface area contributed by atoms with Crippen molar-refractivity contribution in [2.75, 3.05) is 13.1 Å². The van der Waals surface area contributed by atoms with Gasteiger partial charge in [-0.15, -0.1) is 0 Å². The topological polar surface area (TPSA) is 49.3 Å². The quantitative estimate of drug-likeness (QED) is 0.255. The van der Waals surface area contributed by atoms with Gasteiger partial charge in [0.15, 0.2) is 0 Å². The van der Waals surface area contributed by atoms with Gasteiger partial charge in [-0.05, 0) is 13.0 Å². The van der Waals surface area contributed by atoms with Crippen LogP contribution in [0.25, 0.3) is 0 Å². The third-order valence-corrected chi connectivity index (χ3v) is 4.73. The van der Waals surface area contributed by atoms with Gasteiger partial charge in [0.05, 0.1) is 6.54 Å². The van der Waals surface area contributed by atoms with Gasteiger partial charge in [-0.3, -0.25) is 4.79 Å². The van der Waals surface area contributed by atoms with Gasteiger partial charge in [0, 0.05) is 0 Å². The highest BCUT2D eigenvalue weighted by Gasteiger charge is 1.96. The maximum absolute atomic E-state index is 10.3. The van der Waals surface area contributed by atoms with Crippen LogP contribution in [0, 0.1) is 0 Å². The summed E-state index contributed by atoms with van der Waals surface area (Å²) in [6, 6.07) is 0. The lowest BCUT2D eigenvalue weighted by atomic mass is 10.0. The van der Waals surface area contributed by atoms with Crippen LogP contribution >= 0.6 is 0 Å². The van der Waals surface area contributed by atoms with E-state index in [4.69, 9.17) is 5.11 Å². The van der Waals surface area contributed by atoms with E-state index in [2.05, 4.69) is 12.2 Å². The van der Waals surface area contributed by atoms with E-state index in [1.165, 1.54) is 103 Å². The molecule has 0 aliphatic carbocycles. The fraction of sp³-hybridized carbons (Fsp3) is 0.952. The van der Waals surface area contributed by atoms with Crippen LogP contribution in [-0.4, -0.2) is 24.2 Å². The lowest BCUT2D eigenvalue weighted by Gasteiger charge is -2.04. The summed E-state index contributed by atoms with van der Waals surface area (Å²) in [5.41, 5.74) is 0. The molecule has 3 heteroatoms. The summed E-state index contributed by atoms with van der Waals surface area (Å²) >= 11 is 0. The van der Waals surface area contributed by atoms with Crippen LogP contribution < -0.4 is 5.32 Å². The molecule has 3 nitrogen and oxygen atoms in total. The van der Waals surface area contributed by atoms with Crippen LogP contribution in [0.2, 0.25) is 0 Å². The molecule has 0 saturated heterocycles. The first-order chi connectivity index (χ1) is 11.8. The van der Waals surface area contributed by atoms with Crippen molar-refractivity contribution in [1.29, 1.82) is 0 Å². The third-order valence-electron chi connectivity index (χ3n) is 4.73. The van der Waals surface area contributed by atoms with E-state index in [-0.39, 0.29) is 6.54 Å². The number of aliphatic carboxylic acids is 1. The summed E-state index contributed by atoms with van der Waals surface area (Å²) in [6.45, 7) is 3.21. The molecule has 0 unspecified atom stereocenters. The van der Waals surface area contributed by atoms with Crippen molar-refractivity contribution in [3.8, 4) is 0 Å². The minimum atomic E-state index is -0.762. The van der Waals surface area contributed by atoms with Gasteiger partial charge in [0.2, 0.25) is 0 Å². The fourth-order valence-corrected chi connectivity index (χ4v) is 3.17. The van der Waals surface area contributed by atoms with E-state index in [1.807, 2.05) is 0 Å². The fourth-order valence-electron chi connectivity index (χ4n) is 3.17. The second-order valence-electron chi connectivity index (χ2n) is 7.23. The van der Waals surface area contributed by atoms with E-state index < -0.39 is 5.97 Å². The Balaban J connectivity index is 2.97. The van der Waals surface area contributed by atoms with Gasteiger partial charge in [-0.25, -0.2) is 0 Å². The van der Waals surface area contributed by atoms with Gasteiger partial charge in [0.25, 0.3) is 0 Å². The number of rotatable bonds is 20. The van der Waals surface area contributed by atoms with Crippen molar-refractivity contribution in [2.45, 2.75) is 116 Å². The lowest BCUT2D eigenvalue weighted by Crippen LogP contribution is -2.23. The lowest BCUT2D eigenvalue weighted by molar-refractivity contribution is -0.135. The largest absolute Gasteiger partial charge is 0.480 e. The van der Waals surface area contributed by atoms with Crippen molar-refractivity contribution >= 4 is 5.97 Å². The van der Waals surface area contributed by atoms with Crippen molar-refractivity contribution in [3.63, 3.8) is 0 Å². The Bertz CT molecular complexity index is 256. The summed E-state index contributed by atoms with van der Waals surface area (Å²) in [5.74, 6) is -0.762. The highest BCUT2D eigenvalue weighted by molar-refractivity contribution is 5.68. The summed E-state index contributed by atoms with van der Waals surface area (Å²) < 4.78 is 0. The first kappa shape index (κ1) is 23.4. The monoisotopic (exact) mass is 341 g/mol. The maximum Gasteiger partial charge on any atom is 0.317 e. The summed E-state index contributed by atoms with van der Waals surface area (Å²) in [4.78, 5) is 10.3. The maximum atomic E-state index is 10.3. The van der Waals surface area contributed by atoms with Crippen molar-refractivity contribution < 1.29 is 9.90 Å². The van der Waals surface area contributed by atoms with Gasteiger partial charge in [-0.2, -0.15) is 0 Å². The van der Waals surface area contributed by atoms with Crippen molar-refractivity contribution in [1.82, 2.24) is 5.32 Å². The second-order valence-corrected chi connectivity index (χ2v) is 7.23. The Morgan fingerprint density at radius 3 is 1.29 bits per heavy atom. The molecule has 0 radical (unpaired) electrons. The first-order valence-electron chi connectivity index (χ1n) is 10.7.